The maximum absolute atomic E-state index is 3.45. The van der Waals surface area contributed by atoms with Gasteiger partial charge in [-0.05, 0) is 51.5 Å². The Bertz CT molecular complexity index is 430. The number of nitrogens with zero attached hydrogens (tertiary/aromatic N) is 2. The van der Waals surface area contributed by atoms with E-state index < -0.39 is 0 Å². The number of hydrogen-bond donors (Lipinski definition) is 1. The molecule has 1 N–H and O–H groups in total. The molecule has 1 unspecified atom stereocenters. The van der Waals surface area contributed by atoms with Crippen LogP contribution in [0.4, 0.5) is 5.69 Å². The highest BCUT2D eigenvalue weighted by molar-refractivity contribution is 5.54. The molecule has 1 atom stereocenters. The fourth-order valence-electron chi connectivity index (χ4n) is 3.11. The van der Waals surface area contributed by atoms with Crippen LogP contribution in [0.15, 0.2) is 18.2 Å². The lowest BCUT2D eigenvalue weighted by Crippen LogP contribution is -2.37. The van der Waals surface area contributed by atoms with Crippen LogP contribution in [0, 0.1) is 6.92 Å². The zero-order valence-electron chi connectivity index (χ0n) is 13.4. The molecule has 1 aromatic rings. The van der Waals surface area contributed by atoms with E-state index in [9.17, 15) is 0 Å². The van der Waals surface area contributed by atoms with E-state index in [0.29, 0.717) is 6.04 Å². The van der Waals surface area contributed by atoms with Gasteiger partial charge >= 0.3 is 0 Å². The first kappa shape index (κ1) is 15.3. The lowest BCUT2D eigenvalue weighted by atomic mass is 10.1. The highest BCUT2D eigenvalue weighted by Crippen LogP contribution is 2.24. The van der Waals surface area contributed by atoms with Gasteiger partial charge in [-0.15, -0.1) is 0 Å². The summed E-state index contributed by atoms with van der Waals surface area (Å²) in [5.74, 6) is 0. The van der Waals surface area contributed by atoms with Crippen LogP contribution in [0.5, 0.6) is 0 Å². The lowest BCUT2D eigenvalue weighted by Gasteiger charge is -2.29. The fourth-order valence-corrected chi connectivity index (χ4v) is 3.11. The SMILES string of the molecule is CCNCc1cc(C)ccc1N(C)CC1CCCN1C. The van der Waals surface area contributed by atoms with Crippen molar-refractivity contribution in [3.63, 3.8) is 0 Å². The van der Waals surface area contributed by atoms with E-state index in [0.717, 1.165) is 19.6 Å². The van der Waals surface area contributed by atoms with Crippen LogP contribution in [0.3, 0.4) is 0 Å². The van der Waals surface area contributed by atoms with Crippen molar-refractivity contribution in [3.05, 3.63) is 29.3 Å². The number of hydrogen-bond acceptors (Lipinski definition) is 3. The summed E-state index contributed by atoms with van der Waals surface area (Å²) in [5.41, 5.74) is 4.12. The molecule has 0 aromatic heterocycles. The molecule has 0 radical (unpaired) electrons. The van der Waals surface area contributed by atoms with E-state index in [1.807, 2.05) is 0 Å². The number of benzene rings is 1. The van der Waals surface area contributed by atoms with E-state index in [2.05, 4.69) is 61.3 Å². The number of aryl methyl sites for hydroxylation is 1. The van der Waals surface area contributed by atoms with Gasteiger partial charge in [0.25, 0.3) is 0 Å². The van der Waals surface area contributed by atoms with Crippen molar-refractivity contribution in [2.75, 3.05) is 38.6 Å². The van der Waals surface area contributed by atoms with E-state index >= 15 is 0 Å². The summed E-state index contributed by atoms with van der Waals surface area (Å²) in [7, 11) is 4.48. The topological polar surface area (TPSA) is 18.5 Å². The number of nitrogens with one attached hydrogen (secondary N) is 1. The molecule has 0 spiro atoms. The molecule has 1 aliphatic rings. The summed E-state index contributed by atoms with van der Waals surface area (Å²) in [5, 5.41) is 3.45. The molecule has 1 fully saturated rings. The van der Waals surface area contributed by atoms with Crippen molar-refractivity contribution in [1.82, 2.24) is 10.2 Å². The minimum Gasteiger partial charge on any atom is -0.373 e. The Morgan fingerprint density at radius 3 is 2.85 bits per heavy atom. The van der Waals surface area contributed by atoms with E-state index in [4.69, 9.17) is 0 Å². The lowest BCUT2D eigenvalue weighted by molar-refractivity contribution is 0.314. The maximum Gasteiger partial charge on any atom is 0.0409 e. The predicted molar refractivity (Wildman–Crippen MR) is 87.5 cm³/mol. The summed E-state index contributed by atoms with van der Waals surface area (Å²) < 4.78 is 0. The smallest absolute Gasteiger partial charge is 0.0409 e. The van der Waals surface area contributed by atoms with Crippen LogP contribution in [0.25, 0.3) is 0 Å². The summed E-state index contributed by atoms with van der Waals surface area (Å²) in [6, 6.07) is 7.51. The van der Waals surface area contributed by atoms with Crippen molar-refractivity contribution in [2.24, 2.45) is 0 Å². The Hall–Kier alpha value is -1.06. The summed E-state index contributed by atoms with van der Waals surface area (Å²) in [6.07, 6.45) is 2.67. The Balaban J connectivity index is 2.09. The predicted octanol–water partition coefficient (Wildman–Crippen LogP) is 2.63. The molecular weight excluding hydrogens is 246 g/mol. The molecule has 0 bridgehead atoms. The van der Waals surface area contributed by atoms with Crippen molar-refractivity contribution < 1.29 is 0 Å². The Kier molecular flexibility index (Phi) is 5.44. The van der Waals surface area contributed by atoms with Gasteiger partial charge < -0.3 is 15.1 Å². The molecule has 1 aliphatic heterocycles. The molecule has 112 valence electrons. The van der Waals surface area contributed by atoms with Gasteiger partial charge in [0.1, 0.15) is 0 Å². The molecule has 2 rings (SSSR count). The van der Waals surface area contributed by atoms with Gasteiger partial charge in [0, 0.05) is 31.9 Å². The molecule has 1 saturated heterocycles. The van der Waals surface area contributed by atoms with E-state index in [-0.39, 0.29) is 0 Å². The highest BCUT2D eigenvalue weighted by atomic mass is 15.2. The quantitative estimate of drug-likeness (QED) is 0.861. The van der Waals surface area contributed by atoms with Crippen molar-refractivity contribution in [1.29, 1.82) is 0 Å². The van der Waals surface area contributed by atoms with Gasteiger partial charge in [-0.2, -0.15) is 0 Å². The van der Waals surface area contributed by atoms with Gasteiger partial charge in [0.05, 0.1) is 0 Å². The summed E-state index contributed by atoms with van der Waals surface area (Å²) >= 11 is 0. The summed E-state index contributed by atoms with van der Waals surface area (Å²) in [4.78, 5) is 4.92. The second-order valence-corrected chi connectivity index (χ2v) is 6.07. The monoisotopic (exact) mass is 275 g/mol. The second kappa shape index (κ2) is 7.09. The van der Waals surface area contributed by atoms with Gasteiger partial charge in [0.15, 0.2) is 0 Å². The van der Waals surface area contributed by atoms with Crippen LogP contribution in [-0.2, 0) is 6.54 Å². The van der Waals surface area contributed by atoms with Crippen LogP contribution < -0.4 is 10.2 Å². The molecule has 1 aromatic carbocycles. The van der Waals surface area contributed by atoms with Crippen LogP contribution >= 0.6 is 0 Å². The molecular formula is C17H29N3. The average Bonchev–Trinajstić information content (AvgIpc) is 2.82. The van der Waals surface area contributed by atoms with Crippen LogP contribution in [-0.4, -0.2) is 44.7 Å². The first-order chi connectivity index (χ1) is 9.61. The molecule has 0 aliphatic carbocycles. The van der Waals surface area contributed by atoms with E-state index in [1.54, 1.807) is 0 Å². The third-order valence-electron chi connectivity index (χ3n) is 4.37. The molecule has 3 nitrogen and oxygen atoms in total. The zero-order valence-corrected chi connectivity index (χ0v) is 13.4. The fraction of sp³-hybridized carbons (Fsp3) is 0.647. The standard InChI is InChI=1S/C17H29N3/c1-5-18-12-15-11-14(2)8-9-17(15)20(4)13-16-7-6-10-19(16)3/h8-9,11,16,18H,5-7,10,12-13H2,1-4H3. The molecule has 0 amide bonds. The average molecular weight is 275 g/mol. The zero-order chi connectivity index (χ0) is 14.5. The molecule has 20 heavy (non-hydrogen) atoms. The molecule has 1 heterocycles. The minimum absolute atomic E-state index is 0.702. The number of likely N-dealkylation sites (N-methyl/N-ethyl adjacent to an activating group) is 2. The van der Waals surface area contributed by atoms with Gasteiger partial charge in [0.2, 0.25) is 0 Å². The van der Waals surface area contributed by atoms with Gasteiger partial charge in [-0.25, -0.2) is 0 Å². The van der Waals surface area contributed by atoms with Crippen molar-refractivity contribution >= 4 is 5.69 Å². The second-order valence-electron chi connectivity index (χ2n) is 6.07. The third-order valence-corrected chi connectivity index (χ3v) is 4.37. The van der Waals surface area contributed by atoms with E-state index in [1.165, 1.54) is 36.2 Å². The van der Waals surface area contributed by atoms with Crippen LogP contribution in [0.2, 0.25) is 0 Å². The number of rotatable bonds is 6. The summed E-state index contributed by atoms with van der Waals surface area (Å²) in [6.45, 7) is 8.67. The van der Waals surface area contributed by atoms with Crippen molar-refractivity contribution in [3.8, 4) is 0 Å². The Morgan fingerprint density at radius 2 is 2.20 bits per heavy atom. The Morgan fingerprint density at radius 1 is 1.40 bits per heavy atom. The molecule has 3 heteroatoms. The largest absolute Gasteiger partial charge is 0.373 e. The number of anilines is 1. The Labute approximate surface area is 124 Å². The first-order valence-electron chi connectivity index (χ1n) is 7.83. The number of likely N-dealkylation sites (tertiary alicyclic amines) is 1. The first-order valence-corrected chi connectivity index (χ1v) is 7.83. The minimum atomic E-state index is 0.702. The van der Waals surface area contributed by atoms with Crippen molar-refractivity contribution in [2.45, 2.75) is 39.3 Å². The van der Waals surface area contributed by atoms with Gasteiger partial charge in [-0.1, -0.05) is 24.6 Å². The van der Waals surface area contributed by atoms with Crippen LogP contribution in [0.1, 0.15) is 30.9 Å². The van der Waals surface area contributed by atoms with Gasteiger partial charge in [-0.3, -0.25) is 0 Å². The maximum atomic E-state index is 3.45. The molecule has 0 saturated carbocycles. The normalized spacial score (nSPS) is 19.5. The highest BCUT2D eigenvalue weighted by Gasteiger charge is 2.22. The third kappa shape index (κ3) is 3.74.